The van der Waals surface area contributed by atoms with Crippen molar-refractivity contribution in [2.24, 2.45) is 17.3 Å². The summed E-state index contributed by atoms with van der Waals surface area (Å²) in [6.45, 7) is 4.43. The highest BCUT2D eigenvalue weighted by molar-refractivity contribution is 5.76. The summed E-state index contributed by atoms with van der Waals surface area (Å²) >= 11 is 0. The maximum Gasteiger partial charge on any atom is 0.426 e. The van der Waals surface area contributed by atoms with Crippen molar-refractivity contribution in [3.8, 4) is 0 Å². The lowest BCUT2D eigenvalue weighted by Gasteiger charge is -2.44. The topological polar surface area (TPSA) is 46.5 Å². The normalized spacial score (nSPS) is 25.1. The lowest BCUT2D eigenvalue weighted by atomic mass is 9.70. The molecule has 0 aliphatic heterocycles. The minimum Gasteiger partial charge on any atom is -0.462 e. The van der Waals surface area contributed by atoms with Gasteiger partial charge in [0.15, 0.2) is 0 Å². The Kier molecular flexibility index (Phi) is 7.26. The fourth-order valence-electron chi connectivity index (χ4n) is 3.39. The Labute approximate surface area is 161 Å². The molecule has 0 heterocycles. The van der Waals surface area contributed by atoms with Gasteiger partial charge in [0.2, 0.25) is 0 Å². The molecule has 0 aromatic heterocycles. The van der Waals surface area contributed by atoms with Gasteiger partial charge in [-0.25, -0.2) is 0 Å². The number of aliphatic hydroxyl groups is 1. The zero-order chi connectivity index (χ0) is 23.1. The van der Waals surface area contributed by atoms with Crippen molar-refractivity contribution in [1.29, 1.82) is 0 Å². The number of ether oxygens (including phenoxy) is 1. The fraction of sp³-hybridized carbons (Fsp3) is 0.941. The van der Waals surface area contributed by atoms with Gasteiger partial charge < -0.3 is 9.84 Å². The second kappa shape index (κ2) is 8.14. The summed E-state index contributed by atoms with van der Waals surface area (Å²) in [6.07, 6.45) is -23.0. The van der Waals surface area contributed by atoms with Gasteiger partial charge in [-0.2, -0.15) is 39.5 Å². The number of carbonyl (C=O) groups excluding carboxylic acids is 1. The van der Waals surface area contributed by atoms with Crippen molar-refractivity contribution in [3.63, 3.8) is 0 Å². The first-order valence-electron chi connectivity index (χ1n) is 8.88. The second-order valence-electron chi connectivity index (χ2n) is 8.12. The smallest absolute Gasteiger partial charge is 0.426 e. The van der Waals surface area contributed by atoms with Crippen molar-refractivity contribution in [2.75, 3.05) is 0 Å². The Hall–Kier alpha value is -1.20. The number of carbonyl (C=O) groups is 1. The van der Waals surface area contributed by atoms with E-state index in [1.807, 2.05) is 0 Å². The summed E-state index contributed by atoms with van der Waals surface area (Å²) in [5, 5.41) is 9.61. The minimum absolute atomic E-state index is 0.225. The first kappa shape index (κ1) is 25.8. The molecule has 1 fully saturated rings. The number of hydrogen-bond donors (Lipinski definition) is 1. The molecule has 1 rings (SSSR count). The summed E-state index contributed by atoms with van der Waals surface area (Å²) < 4.78 is 122. The molecule has 0 aromatic carbocycles. The van der Waals surface area contributed by atoms with Gasteiger partial charge in [-0.15, -0.1) is 0 Å². The monoisotopic (exact) mass is 446 g/mol. The molecule has 0 aromatic rings. The number of esters is 1. The molecule has 0 spiro atoms. The van der Waals surface area contributed by atoms with Crippen LogP contribution < -0.4 is 0 Å². The molecule has 3 unspecified atom stereocenters. The first-order chi connectivity index (χ1) is 12.7. The van der Waals surface area contributed by atoms with Crippen LogP contribution in [-0.2, 0) is 9.53 Å². The molecule has 0 amide bonds. The van der Waals surface area contributed by atoms with E-state index in [1.165, 1.54) is 13.8 Å². The summed E-state index contributed by atoms with van der Waals surface area (Å²) in [6, 6.07) is 0. The van der Waals surface area contributed by atoms with E-state index < -0.39 is 79.1 Å². The number of hydrogen-bond acceptors (Lipinski definition) is 3. The van der Waals surface area contributed by atoms with E-state index >= 15 is 0 Å². The molecule has 0 bridgehead atoms. The van der Waals surface area contributed by atoms with Crippen molar-refractivity contribution < 1.29 is 54.2 Å². The third-order valence-electron chi connectivity index (χ3n) is 5.45. The quantitative estimate of drug-likeness (QED) is 0.445. The SMILES string of the molecule is CCC(C)(C)C(=O)OC1CC(CC(F)(F)F)CC(C(O)(C(F)(F)F)C(F)(F)F)C1. The van der Waals surface area contributed by atoms with E-state index in [0.717, 1.165) is 0 Å². The van der Waals surface area contributed by atoms with Gasteiger partial charge >= 0.3 is 24.5 Å². The molecule has 172 valence electrons. The van der Waals surface area contributed by atoms with Crippen LogP contribution in [0.2, 0.25) is 0 Å². The van der Waals surface area contributed by atoms with Crippen LogP contribution in [0, 0.1) is 17.3 Å². The molecule has 1 N–H and O–H groups in total. The van der Waals surface area contributed by atoms with E-state index in [0.29, 0.717) is 0 Å². The number of halogens is 9. The van der Waals surface area contributed by atoms with Gasteiger partial charge in [-0.05, 0) is 45.4 Å². The van der Waals surface area contributed by atoms with E-state index in [2.05, 4.69) is 0 Å². The van der Waals surface area contributed by atoms with Crippen LogP contribution in [0.4, 0.5) is 39.5 Å². The molecule has 3 nitrogen and oxygen atoms in total. The van der Waals surface area contributed by atoms with Crippen molar-refractivity contribution in [1.82, 2.24) is 0 Å². The molecule has 1 aliphatic carbocycles. The average molecular weight is 446 g/mol. The fourth-order valence-corrected chi connectivity index (χ4v) is 3.39. The minimum atomic E-state index is -6.17. The van der Waals surface area contributed by atoms with E-state index in [1.54, 1.807) is 6.92 Å². The van der Waals surface area contributed by atoms with Crippen molar-refractivity contribution >= 4 is 5.97 Å². The Balaban J connectivity index is 3.27. The Bertz CT molecular complexity index is 564. The van der Waals surface area contributed by atoms with Crippen molar-refractivity contribution in [3.05, 3.63) is 0 Å². The van der Waals surface area contributed by atoms with Crippen LogP contribution in [-0.4, -0.2) is 41.3 Å². The van der Waals surface area contributed by atoms with Crippen LogP contribution in [0.15, 0.2) is 0 Å². The molecule has 1 aliphatic rings. The predicted molar refractivity (Wildman–Crippen MR) is 82.5 cm³/mol. The molecular weight excluding hydrogens is 423 g/mol. The van der Waals surface area contributed by atoms with E-state index in [4.69, 9.17) is 4.74 Å². The largest absolute Gasteiger partial charge is 0.462 e. The molecule has 1 saturated carbocycles. The maximum atomic E-state index is 13.2. The highest BCUT2D eigenvalue weighted by atomic mass is 19.4. The predicted octanol–water partition coefficient (Wildman–Crippen LogP) is 5.56. The van der Waals surface area contributed by atoms with Gasteiger partial charge in [0.05, 0.1) is 5.41 Å². The van der Waals surface area contributed by atoms with Gasteiger partial charge in [0.1, 0.15) is 6.10 Å². The average Bonchev–Trinajstić information content (AvgIpc) is 2.49. The third kappa shape index (κ3) is 5.91. The Morgan fingerprint density at radius 1 is 0.931 bits per heavy atom. The highest BCUT2D eigenvalue weighted by Crippen LogP contribution is 2.53. The van der Waals surface area contributed by atoms with Gasteiger partial charge in [-0.3, -0.25) is 4.79 Å². The Morgan fingerprint density at radius 2 is 1.41 bits per heavy atom. The molecule has 0 radical (unpaired) electrons. The second-order valence-corrected chi connectivity index (χ2v) is 8.12. The first-order valence-corrected chi connectivity index (χ1v) is 8.88. The Morgan fingerprint density at radius 3 is 1.79 bits per heavy atom. The van der Waals surface area contributed by atoms with Crippen LogP contribution >= 0.6 is 0 Å². The van der Waals surface area contributed by atoms with Crippen LogP contribution in [0.1, 0.15) is 52.9 Å². The zero-order valence-electron chi connectivity index (χ0n) is 15.9. The molecule has 3 atom stereocenters. The summed E-state index contributed by atoms with van der Waals surface area (Å²) in [5.74, 6) is -5.27. The van der Waals surface area contributed by atoms with Crippen molar-refractivity contribution in [2.45, 2.75) is 83.1 Å². The highest BCUT2D eigenvalue weighted by Gasteiger charge is 2.74. The van der Waals surface area contributed by atoms with E-state index in [-0.39, 0.29) is 6.42 Å². The summed E-state index contributed by atoms with van der Waals surface area (Å²) in [4.78, 5) is 12.2. The zero-order valence-corrected chi connectivity index (χ0v) is 15.9. The summed E-state index contributed by atoms with van der Waals surface area (Å²) in [5.41, 5.74) is -6.34. The van der Waals surface area contributed by atoms with Crippen LogP contribution in [0.5, 0.6) is 0 Å². The third-order valence-corrected chi connectivity index (χ3v) is 5.45. The molecule has 29 heavy (non-hydrogen) atoms. The number of alkyl halides is 9. The molecule has 12 heteroatoms. The molecular formula is C17H23F9O3. The standard InChI is InChI=1S/C17H23F9O3/c1-4-13(2,3)12(27)29-11-6-9(8-14(18,19)20)5-10(7-11)15(28,16(21,22)23)17(24,25)26/h9-11,28H,4-8H2,1-3H3. The summed E-state index contributed by atoms with van der Waals surface area (Å²) in [7, 11) is 0. The van der Waals surface area contributed by atoms with Gasteiger partial charge in [-0.1, -0.05) is 6.92 Å². The van der Waals surface area contributed by atoms with Gasteiger partial charge in [0, 0.05) is 12.3 Å². The maximum absolute atomic E-state index is 13.2. The van der Waals surface area contributed by atoms with E-state index in [9.17, 15) is 49.4 Å². The van der Waals surface area contributed by atoms with Crippen LogP contribution in [0.3, 0.4) is 0 Å². The van der Waals surface area contributed by atoms with Gasteiger partial charge in [0.25, 0.3) is 5.60 Å². The lowest BCUT2D eigenvalue weighted by molar-refractivity contribution is -0.389. The van der Waals surface area contributed by atoms with Crippen LogP contribution in [0.25, 0.3) is 0 Å². The molecule has 0 saturated heterocycles. The number of rotatable bonds is 5. The lowest BCUT2D eigenvalue weighted by Crippen LogP contribution is -2.63.